The van der Waals surface area contributed by atoms with Crippen LogP contribution in [0.1, 0.15) is 31.4 Å². The van der Waals surface area contributed by atoms with Gasteiger partial charge < -0.3 is 4.74 Å². The highest BCUT2D eigenvalue weighted by Gasteiger charge is 2.20. The van der Waals surface area contributed by atoms with Crippen molar-refractivity contribution in [3.05, 3.63) is 64.6 Å². The molecular weight excluding hydrogens is 346 g/mol. The molecule has 0 aliphatic carbocycles. The van der Waals surface area contributed by atoms with Crippen LogP contribution in [0.5, 0.6) is 5.75 Å². The molecule has 2 rings (SSSR count). The summed E-state index contributed by atoms with van der Waals surface area (Å²) in [7, 11) is -3.83. The molecule has 0 spiro atoms. The van der Waals surface area contributed by atoms with Crippen LogP contribution in [-0.4, -0.2) is 15.0 Å². The molecule has 0 unspecified atom stereocenters. The minimum atomic E-state index is -3.83. The van der Waals surface area contributed by atoms with Gasteiger partial charge in [0.1, 0.15) is 16.7 Å². The number of allylic oxidation sites excluding steroid dienone is 1. The van der Waals surface area contributed by atoms with E-state index in [2.05, 4.69) is 13.8 Å². The molecule has 0 saturated heterocycles. The quantitative estimate of drug-likeness (QED) is 0.660. The van der Waals surface area contributed by atoms with Gasteiger partial charge >= 0.3 is 0 Å². The third-order valence-corrected chi connectivity index (χ3v) is 5.55. The maximum absolute atomic E-state index is 12.6. The van der Waals surface area contributed by atoms with E-state index in [0.717, 1.165) is 17.7 Å². The fraction of sp³-hybridized carbons (Fsp3) is 0.286. The second kappa shape index (κ2) is 8.68. The molecule has 0 saturated carbocycles. The number of sulfone groups is 1. The van der Waals surface area contributed by atoms with E-state index in [-0.39, 0.29) is 9.80 Å². The molecule has 0 aromatic heterocycles. The zero-order valence-corrected chi connectivity index (χ0v) is 16.1. The van der Waals surface area contributed by atoms with Crippen molar-refractivity contribution in [2.24, 2.45) is 5.92 Å². The lowest BCUT2D eigenvalue weighted by molar-refractivity contribution is 0.289. The van der Waals surface area contributed by atoms with Crippen molar-refractivity contribution in [3.63, 3.8) is 0 Å². The predicted octanol–water partition coefficient (Wildman–Crippen LogP) is 4.76. The highest BCUT2D eigenvalue weighted by Crippen LogP contribution is 2.22. The summed E-state index contributed by atoms with van der Waals surface area (Å²) in [5, 5.41) is 9.34. The van der Waals surface area contributed by atoms with Crippen molar-refractivity contribution in [1.82, 2.24) is 0 Å². The summed E-state index contributed by atoms with van der Waals surface area (Å²) in [4.78, 5) is -0.167. The minimum Gasteiger partial charge on any atom is -0.494 e. The summed E-state index contributed by atoms with van der Waals surface area (Å²) in [6, 6.07) is 15.3. The number of rotatable bonds is 7. The Labute approximate surface area is 155 Å². The first-order chi connectivity index (χ1) is 12.3. The standard InChI is InChI=1S/C21H23NO3S/c1-16(2)12-13-25-19-8-6-18(7-9-19)14-21(15-22)26(23,24)20-10-4-17(3)5-11-20/h4-11,14,16H,12-13H2,1-3H3/b21-14+. The molecule has 0 aliphatic rings. The van der Waals surface area contributed by atoms with E-state index >= 15 is 0 Å². The topological polar surface area (TPSA) is 67.2 Å². The van der Waals surface area contributed by atoms with Gasteiger partial charge in [-0.15, -0.1) is 0 Å². The molecule has 0 amide bonds. The van der Waals surface area contributed by atoms with Crippen LogP contribution < -0.4 is 4.74 Å². The van der Waals surface area contributed by atoms with E-state index in [1.807, 2.05) is 13.0 Å². The molecule has 0 radical (unpaired) electrons. The first-order valence-electron chi connectivity index (χ1n) is 8.49. The Bertz CT molecular complexity index is 903. The normalized spacial score (nSPS) is 12.0. The SMILES string of the molecule is Cc1ccc(S(=O)(=O)/C(C#N)=C/c2ccc(OCCC(C)C)cc2)cc1. The smallest absolute Gasteiger partial charge is 0.216 e. The van der Waals surface area contributed by atoms with Gasteiger partial charge in [-0.1, -0.05) is 43.7 Å². The molecule has 5 heteroatoms. The van der Waals surface area contributed by atoms with Crippen molar-refractivity contribution >= 4 is 15.9 Å². The molecule has 2 aromatic rings. The molecule has 0 bridgehead atoms. The second-order valence-corrected chi connectivity index (χ2v) is 8.46. The average Bonchev–Trinajstić information content (AvgIpc) is 2.61. The van der Waals surface area contributed by atoms with Crippen LogP contribution in [0.3, 0.4) is 0 Å². The monoisotopic (exact) mass is 369 g/mol. The maximum Gasteiger partial charge on any atom is 0.216 e. The zero-order chi connectivity index (χ0) is 19.2. The van der Waals surface area contributed by atoms with Gasteiger partial charge in [-0.2, -0.15) is 5.26 Å². The number of nitrogens with zero attached hydrogens (tertiary/aromatic N) is 1. The van der Waals surface area contributed by atoms with Crippen molar-refractivity contribution in [1.29, 1.82) is 5.26 Å². The van der Waals surface area contributed by atoms with Crippen molar-refractivity contribution < 1.29 is 13.2 Å². The van der Waals surface area contributed by atoms with Crippen molar-refractivity contribution in [2.45, 2.75) is 32.1 Å². The molecule has 26 heavy (non-hydrogen) atoms. The first kappa shape index (κ1) is 19.7. The Morgan fingerprint density at radius 2 is 1.73 bits per heavy atom. The van der Waals surface area contributed by atoms with Gasteiger partial charge in [0.25, 0.3) is 0 Å². The highest BCUT2D eigenvalue weighted by molar-refractivity contribution is 7.95. The lowest BCUT2D eigenvalue weighted by Gasteiger charge is -2.08. The maximum atomic E-state index is 12.6. The van der Waals surface area contributed by atoms with Gasteiger partial charge in [0.15, 0.2) is 0 Å². The fourth-order valence-corrected chi connectivity index (χ4v) is 3.40. The van der Waals surface area contributed by atoms with Gasteiger partial charge in [0.2, 0.25) is 9.84 Å². The van der Waals surface area contributed by atoms with Crippen LogP contribution in [0, 0.1) is 24.2 Å². The summed E-state index contributed by atoms with van der Waals surface area (Å²) in [5.41, 5.74) is 1.59. The third kappa shape index (κ3) is 5.21. The minimum absolute atomic E-state index is 0.115. The lowest BCUT2D eigenvalue weighted by Crippen LogP contribution is -2.03. The van der Waals surface area contributed by atoms with Crippen molar-refractivity contribution in [3.8, 4) is 11.8 Å². The molecule has 0 N–H and O–H groups in total. The number of benzene rings is 2. The second-order valence-electron chi connectivity index (χ2n) is 6.54. The van der Waals surface area contributed by atoms with Gasteiger partial charge in [-0.25, -0.2) is 8.42 Å². The molecule has 4 nitrogen and oxygen atoms in total. The number of nitriles is 1. The molecule has 0 atom stereocenters. The van der Waals surface area contributed by atoms with E-state index in [1.54, 1.807) is 36.4 Å². The van der Waals surface area contributed by atoms with Gasteiger partial charge in [-0.05, 0) is 55.2 Å². The fourth-order valence-electron chi connectivity index (χ4n) is 2.24. The Hall–Kier alpha value is -2.58. The predicted molar refractivity (Wildman–Crippen MR) is 103 cm³/mol. The van der Waals surface area contributed by atoms with E-state index in [9.17, 15) is 13.7 Å². The van der Waals surface area contributed by atoms with Crippen LogP contribution in [0.4, 0.5) is 0 Å². The number of aryl methyl sites for hydroxylation is 1. The molecule has 0 heterocycles. The highest BCUT2D eigenvalue weighted by atomic mass is 32.2. The Kier molecular flexibility index (Phi) is 6.59. The molecule has 0 aliphatic heterocycles. The Morgan fingerprint density at radius 3 is 2.27 bits per heavy atom. The van der Waals surface area contributed by atoms with Gasteiger partial charge in [-0.3, -0.25) is 0 Å². The summed E-state index contributed by atoms with van der Waals surface area (Å²) in [5.74, 6) is 1.30. The molecule has 0 fully saturated rings. The molecule has 2 aromatic carbocycles. The number of ether oxygens (including phenoxy) is 1. The van der Waals surface area contributed by atoms with E-state index in [4.69, 9.17) is 4.74 Å². The zero-order valence-electron chi connectivity index (χ0n) is 15.3. The van der Waals surface area contributed by atoms with Crippen LogP contribution in [0.15, 0.2) is 58.3 Å². The van der Waals surface area contributed by atoms with Gasteiger partial charge in [0.05, 0.1) is 11.5 Å². The lowest BCUT2D eigenvalue weighted by atomic mass is 10.1. The van der Waals surface area contributed by atoms with Crippen LogP contribution in [-0.2, 0) is 9.84 Å². The van der Waals surface area contributed by atoms with E-state index in [1.165, 1.54) is 18.2 Å². The largest absolute Gasteiger partial charge is 0.494 e. The average molecular weight is 369 g/mol. The van der Waals surface area contributed by atoms with E-state index < -0.39 is 9.84 Å². The van der Waals surface area contributed by atoms with Gasteiger partial charge in [0, 0.05) is 0 Å². The van der Waals surface area contributed by atoms with Crippen molar-refractivity contribution in [2.75, 3.05) is 6.61 Å². The summed E-state index contributed by atoms with van der Waals surface area (Å²) >= 11 is 0. The van der Waals surface area contributed by atoms with Crippen LogP contribution in [0.25, 0.3) is 6.08 Å². The van der Waals surface area contributed by atoms with Crippen LogP contribution in [0.2, 0.25) is 0 Å². The number of hydrogen-bond donors (Lipinski definition) is 0. The summed E-state index contributed by atoms with van der Waals surface area (Å²) in [6.45, 7) is 6.78. The third-order valence-electron chi connectivity index (χ3n) is 3.87. The van der Waals surface area contributed by atoms with E-state index in [0.29, 0.717) is 18.1 Å². The van der Waals surface area contributed by atoms with Crippen LogP contribution >= 0.6 is 0 Å². The summed E-state index contributed by atoms with van der Waals surface area (Å²) < 4.78 is 30.9. The number of hydrogen-bond acceptors (Lipinski definition) is 4. The Balaban J connectivity index is 2.20. The Morgan fingerprint density at radius 1 is 1.12 bits per heavy atom. The summed E-state index contributed by atoms with van der Waals surface area (Å²) in [6.07, 6.45) is 2.35. The molecular formula is C21H23NO3S. The first-order valence-corrected chi connectivity index (χ1v) is 9.97. The molecule has 136 valence electrons.